The number of rotatable bonds is 10. The molecule has 0 heterocycles. The van der Waals surface area contributed by atoms with E-state index in [0.717, 1.165) is 19.3 Å². The summed E-state index contributed by atoms with van der Waals surface area (Å²) >= 11 is 12.2. The van der Waals surface area contributed by atoms with Gasteiger partial charge in [-0.15, -0.1) is 23.2 Å². The number of unbranched alkanes of at least 4 members (excludes halogenated alkanes) is 1. The van der Waals surface area contributed by atoms with Crippen LogP contribution in [0.2, 0.25) is 0 Å². The number of carbonyl (C=O) groups is 1. The van der Waals surface area contributed by atoms with Crippen LogP contribution in [-0.4, -0.2) is 23.3 Å². The van der Waals surface area contributed by atoms with Gasteiger partial charge in [-0.05, 0) is 31.1 Å². The molecule has 0 aromatic carbocycles. The highest BCUT2D eigenvalue weighted by Crippen LogP contribution is 2.43. The van der Waals surface area contributed by atoms with Gasteiger partial charge in [0.2, 0.25) is 0 Å². The molecule has 0 aromatic heterocycles. The fraction of sp³-hybridized carbons (Fsp3) is 0.706. The van der Waals surface area contributed by atoms with Crippen molar-refractivity contribution in [2.45, 2.75) is 59.0 Å². The monoisotopic (exact) mass is 334 g/mol. The zero-order valence-corrected chi connectivity index (χ0v) is 15.2. The minimum atomic E-state index is -0.869. The maximum absolute atomic E-state index is 11.9. The van der Waals surface area contributed by atoms with Crippen molar-refractivity contribution in [1.29, 1.82) is 0 Å². The number of hydrogen-bond donors (Lipinski definition) is 0. The molecule has 0 saturated heterocycles. The van der Waals surface area contributed by atoms with Crippen LogP contribution in [0.3, 0.4) is 0 Å². The fourth-order valence-electron chi connectivity index (χ4n) is 2.25. The molecule has 1 atom stereocenters. The van der Waals surface area contributed by atoms with Crippen molar-refractivity contribution in [3.63, 3.8) is 0 Å². The van der Waals surface area contributed by atoms with Crippen molar-refractivity contribution in [2.75, 3.05) is 11.8 Å². The van der Waals surface area contributed by atoms with Gasteiger partial charge in [-0.3, -0.25) is 0 Å². The van der Waals surface area contributed by atoms with Crippen molar-refractivity contribution in [2.24, 2.45) is 5.41 Å². The van der Waals surface area contributed by atoms with Gasteiger partial charge < -0.3 is 4.74 Å². The molecular formula is C17H28Cl2O2. The van der Waals surface area contributed by atoms with Crippen LogP contribution >= 0.6 is 23.2 Å². The first-order valence-electron chi connectivity index (χ1n) is 7.27. The molecule has 122 valence electrons. The second kappa shape index (κ2) is 9.05. The van der Waals surface area contributed by atoms with Gasteiger partial charge in [0.05, 0.1) is 11.8 Å². The van der Waals surface area contributed by atoms with E-state index in [1.54, 1.807) is 6.92 Å². The quantitative estimate of drug-likeness (QED) is 0.306. The Kier molecular flexibility index (Phi) is 8.96. The summed E-state index contributed by atoms with van der Waals surface area (Å²) in [5.41, 5.74) is -0.602. The molecule has 0 amide bonds. The van der Waals surface area contributed by atoms with Gasteiger partial charge in [0.25, 0.3) is 0 Å². The lowest BCUT2D eigenvalue weighted by molar-refractivity contribution is -0.153. The largest absolute Gasteiger partial charge is 0.453 e. The van der Waals surface area contributed by atoms with E-state index in [9.17, 15) is 4.79 Å². The molecule has 0 rings (SSSR count). The lowest BCUT2D eigenvalue weighted by Crippen LogP contribution is -2.45. The Morgan fingerprint density at radius 2 is 1.71 bits per heavy atom. The predicted octanol–water partition coefficient (Wildman–Crippen LogP) is 5.34. The van der Waals surface area contributed by atoms with E-state index in [2.05, 4.69) is 34.3 Å². The van der Waals surface area contributed by atoms with Crippen molar-refractivity contribution in [1.82, 2.24) is 0 Å². The molecule has 2 radical (unpaired) electrons. The molecule has 0 saturated carbocycles. The molecule has 21 heavy (non-hydrogen) atoms. The van der Waals surface area contributed by atoms with Gasteiger partial charge in [-0.25, -0.2) is 4.79 Å². The van der Waals surface area contributed by atoms with E-state index < -0.39 is 11.6 Å². The van der Waals surface area contributed by atoms with Crippen LogP contribution in [0.25, 0.3) is 0 Å². The smallest absolute Gasteiger partial charge is 0.333 e. The van der Waals surface area contributed by atoms with Crippen LogP contribution < -0.4 is 0 Å². The fourth-order valence-corrected chi connectivity index (χ4v) is 2.83. The minimum absolute atomic E-state index is 0.0865. The van der Waals surface area contributed by atoms with Crippen LogP contribution in [-0.2, 0) is 9.53 Å². The molecule has 0 N–H and O–H groups in total. The zero-order chi connectivity index (χ0) is 16.7. The molecule has 0 spiro atoms. The molecule has 0 aliphatic rings. The number of ether oxygens (including phenoxy) is 1. The summed E-state index contributed by atoms with van der Waals surface area (Å²) in [6.07, 6.45) is 3.47. The molecule has 0 bridgehead atoms. The van der Waals surface area contributed by atoms with E-state index in [-0.39, 0.29) is 17.2 Å². The van der Waals surface area contributed by atoms with Crippen LogP contribution in [0.4, 0.5) is 0 Å². The second-order valence-corrected chi connectivity index (χ2v) is 6.85. The first kappa shape index (κ1) is 20.8. The third kappa shape index (κ3) is 6.20. The molecular weight excluding hydrogens is 307 g/mol. The molecule has 0 aliphatic heterocycles. The van der Waals surface area contributed by atoms with Crippen molar-refractivity contribution >= 4 is 29.2 Å². The molecule has 1 unspecified atom stereocenters. The van der Waals surface area contributed by atoms with E-state index in [1.165, 1.54) is 5.92 Å². The maximum Gasteiger partial charge on any atom is 0.333 e. The van der Waals surface area contributed by atoms with E-state index in [4.69, 9.17) is 27.9 Å². The molecule has 2 nitrogen and oxygen atoms in total. The summed E-state index contributed by atoms with van der Waals surface area (Å²) in [6.45, 7) is 15.5. The van der Waals surface area contributed by atoms with E-state index >= 15 is 0 Å². The molecule has 4 heteroatoms. The highest BCUT2D eigenvalue weighted by molar-refractivity contribution is 6.22. The van der Waals surface area contributed by atoms with Gasteiger partial charge in [0.15, 0.2) is 0 Å². The molecule has 0 fully saturated rings. The van der Waals surface area contributed by atoms with Crippen LogP contribution in [0.5, 0.6) is 0 Å². The van der Waals surface area contributed by atoms with Gasteiger partial charge in [-0.1, -0.05) is 47.1 Å². The number of halogens is 2. The maximum atomic E-state index is 11.9. The van der Waals surface area contributed by atoms with Crippen LogP contribution in [0.15, 0.2) is 12.2 Å². The van der Waals surface area contributed by atoms with Crippen molar-refractivity contribution < 1.29 is 9.53 Å². The summed E-state index contributed by atoms with van der Waals surface area (Å²) in [4.78, 5) is 11.9. The average Bonchev–Trinajstić information content (AvgIpc) is 2.43. The first-order chi connectivity index (χ1) is 9.66. The standard InChI is InChI=1S/C17H28Cl2O2/c1-7-8-9-16(6,14(4)5)10-17(11-18,12-19)21-15(20)13(2)3/h1-2,7-12H2,3-6H3. The van der Waals surface area contributed by atoms with E-state index in [1.807, 2.05) is 0 Å². The predicted molar refractivity (Wildman–Crippen MR) is 91.6 cm³/mol. The Morgan fingerprint density at radius 1 is 1.19 bits per heavy atom. The third-order valence-corrected chi connectivity index (χ3v) is 5.02. The number of carbonyl (C=O) groups excluding carboxylic acids is 1. The third-order valence-electron chi connectivity index (χ3n) is 4.04. The minimum Gasteiger partial charge on any atom is -0.453 e. The number of esters is 1. The highest BCUT2D eigenvalue weighted by atomic mass is 35.5. The SMILES string of the molecule is [CH2]CCCC(C)(CC(CCl)(CCl)OC(=O)C(=C)C)[C](C)C. The van der Waals surface area contributed by atoms with Crippen molar-refractivity contribution in [3.05, 3.63) is 25.0 Å². The van der Waals surface area contributed by atoms with Crippen LogP contribution in [0, 0.1) is 18.3 Å². The summed E-state index contributed by atoms with van der Waals surface area (Å²) in [6, 6.07) is 0. The summed E-state index contributed by atoms with van der Waals surface area (Å²) in [5.74, 6) is 1.18. The van der Waals surface area contributed by atoms with Gasteiger partial charge >= 0.3 is 5.97 Å². The first-order valence-corrected chi connectivity index (χ1v) is 8.34. The summed E-state index contributed by atoms with van der Waals surface area (Å²) in [5, 5.41) is 0. The average molecular weight is 335 g/mol. The topological polar surface area (TPSA) is 26.3 Å². The van der Waals surface area contributed by atoms with Crippen LogP contribution in [0.1, 0.15) is 53.4 Å². The van der Waals surface area contributed by atoms with Gasteiger partial charge in [0.1, 0.15) is 5.60 Å². The second-order valence-electron chi connectivity index (χ2n) is 6.31. The lowest BCUT2D eigenvalue weighted by Gasteiger charge is -2.42. The normalized spacial score (nSPS) is 14.9. The molecule has 0 aliphatic carbocycles. The summed E-state index contributed by atoms with van der Waals surface area (Å²) in [7, 11) is 0. The van der Waals surface area contributed by atoms with Gasteiger partial charge in [0, 0.05) is 5.57 Å². The zero-order valence-electron chi connectivity index (χ0n) is 13.7. The van der Waals surface area contributed by atoms with E-state index in [0.29, 0.717) is 12.0 Å². The van der Waals surface area contributed by atoms with Crippen molar-refractivity contribution in [3.8, 4) is 0 Å². The summed E-state index contributed by atoms with van der Waals surface area (Å²) < 4.78 is 5.59. The Hall–Kier alpha value is -0.210. The van der Waals surface area contributed by atoms with Gasteiger partial charge in [-0.2, -0.15) is 0 Å². The number of hydrogen-bond acceptors (Lipinski definition) is 2. The Balaban J connectivity index is 5.25. The Bertz CT molecular complexity index is 349. The number of alkyl halides is 2. The Morgan fingerprint density at radius 3 is 2.05 bits per heavy atom. The Labute approximate surface area is 140 Å². The lowest BCUT2D eigenvalue weighted by atomic mass is 9.69. The molecule has 0 aromatic rings. The highest BCUT2D eigenvalue weighted by Gasteiger charge is 2.42.